The van der Waals surface area contributed by atoms with Crippen LogP contribution in [-0.4, -0.2) is 42.8 Å². The predicted octanol–water partition coefficient (Wildman–Crippen LogP) is 5.59. The van der Waals surface area contributed by atoms with E-state index in [2.05, 4.69) is 28.9 Å². The van der Waals surface area contributed by atoms with Crippen molar-refractivity contribution in [3.05, 3.63) is 69.8 Å². The van der Waals surface area contributed by atoms with Crippen molar-refractivity contribution in [1.82, 2.24) is 4.98 Å². The average Bonchev–Trinajstić information content (AvgIpc) is 3.31. The maximum absolute atomic E-state index is 14.5. The molecule has 11 heteroatoms. The minimum absolute atomic E-state index is 0.209. The smallest absolute Gasteiger partial charge is 0.371 e. The molecule has 2 N–H and O–H groups in total. The van der Waals surface area contributed by atoms with Gasteiger partial charge >= 0.3 is 5.97 Å². The zero-order valence-corrected chi connectivity index (χ0v) is 21.4. The lowest BCUT2D eigenvalue weighted by Gasteiger charge is -2.13. The van der Waals surface area contributed by atoms with Crippen LogP contribution in [-0.2, 0) is 20.9 Å². The number of benzene rings is 2. The summed E-state index contributed by atoms with van der Waals surface area (Å²) >= 11 is 1.13. The molecule has 0 saturated carbocycles. The Morgan fingerprint density at radius 2 is 1.89 bits per heavy atom. The van der Waals surface area contributed by atoms with Crippen molar-refractivity contribution in [3.63, 3.8) is 0 Å². The molecular formula is C26H26F2N2O6S. The number of nitrogens with one attached hydrogen (secondary N) is 1. The van der Waals surface area contributed by atoms with Gasteiger partial charge in [-0.2, -0.15) is 0 Å². The summed E-state index contributed by atoms with van der Waals surface area (Å²) in [4.78, 5) is 28.1. The first-order valence-corrected chi connectivity index (χ1v) is 12.0. The molecule has 1 aromatic heterocycles. The number of nitrogens with zero attached hydrogens (tertiary/aromatic N) is 1. The number of para-hydroxylation sites is 1. The van der Waals surface area contributed by atoms with Crippen LogP contribution >= 0.6 is 11.3 Å². The highest BCUT2D eigenvalue weighted by atomic mass is 32.1. The van der Waals surface area contributed by atoms with Gasteiger partial charge in [0.05, 0.1) is 26.5 Å². The van der Waals surface area contributed by atoms with Crippen LogP contribution in [0, 0.1) is 17.6 Å². The van der Waals surface area contributed by atoms with Gasteiger partial charge in [-0.25, -0.2) is 18.6 Å². The second kappa shape index (κ2) is 12.4. The summed E-state index contributed by atoms with van der Waals surface area (Å²) in [6.45, 7) is 5.09. The van der Waals surface area contributed by atoms with E-state index < -0.39 is 34.8 Å². The van der Waals surface area contributed by atoms with Gasteiger partial charge in [0.2, 0.25) is 5.76 Å². The highest BCUT2D eigenvalue weighted by Crippen LogP contribution is 2.35. The summed E-state index contributed by atoms with van der Waals surface area (Å²) in [6, 6.07) is 7.18. The number of hydrogen-bond donors (Lipinski definition) is 2. The Labute approximate surface area is 216 Å². The quantitative estimate of drug-likeness (QED) is 0.245. The van der Waals surface area contributed by atoms with Gasteiger partial charge in [0, 0.05) is 40.3 Å². The molecule has 3 rings (SSSR count). The molecule has 37 heavy (non-hydrogen) atoms. The number of methoxy groups -OCH3 is 2. The minimum atomic E-state index is -1.49. The molecule has 0 aliphatic carbocycles. The molecular weight excluding hydrogens is 506 g/mol. The van der Waals surface area contributed by atoms with Gasteiger partial charge < -0.3 is 19.3 Å². The lowest BCUT2D eigenvalue weighted by atomic mass is 10.1. The zero-order chi connectivity index (χ0) is 27.1. The molecule has 0 radical (unpaired) electrons. The number of rotatable bonds is 11. The van der Waals surface area contributed by atoms with E-state index in [4.69, 9.17) is 14.6 Å². The number of carboxylic acid groups (broad SMARTS) is 1. The SMILES string of the molecule is CO/C(=C\c1c(F)cc(C(=O)Nc2nc(-c3cccc(COCC(C)C)c3OC)cs2)cc1F)C(=O)O. The zero-order valence-electron chi connectivity index (χ0n) is 20.6. The Hall–Kier alpha value is -3.83. The molecule has 0 fully saturated rings. The highest BCUT2D eigenvalue weighted by molar-refractivity contribution is 7.14. The van der Waals surface area contributed by atoms with E-state index in [-0.39, 0.29) is 10.7 Å². The van der Waals surface area contributed by atoms with Crippen molar-refractivity contribution in [3.8, 4) is 17.0 Å². The van der Waals surface area contributed by atoms with Gasteiger partial charge in [-0.1, -0.05) is 26.0 Å². The number of hydrogen-bond acceptors (Lipinski definition) is 7. The van der Waals surface area contributed by atoms with Crippen molar-refractivity contribution in [2.24, 2.45) is 5.92 Å². The number of carbonyl (C=O) groups excluding carboxylic acids is 1. The third-order valence-electron chi connectivity index (χ3n) is 5.06. The fourth-order valence-corrected chi connectivity index (χ4v) is 4.07. The molecule has 1 amide bonds. The number of halogens is 2. The average molecular weight is 533 g/mol. The maximum Gasteiger partial charge on any atom is 0.371 e. The summed E-state index contributed by atoms with van der Waals surface area (Å²) in [7, 11) is 2.61. The Balaban J connectivity index is 1.80. The molecule has 0 aliphatic rings. The molecule has 0 spiro atoms. The summed E-state index contributed by atoms with van der Waals surface area (Å²) in [6.07, 6.45) is 0.706. The normalized spacial score (nSPS) is 11.5. The van der Waals surface area contributed by atoms with Crippen LogP contribution in [0.4, 0.5) is 13.9 Å². The lowest BCUT2D eigenvalue weighted by Crippen LogP contribution is -2.13. The molecule has 196 valence electrons. The van der Waals surface area contributed by atoms with Crippen LogP contribution in [0.25, 0.3) is 17.3 Å². The van der Waals surface area contributed by atoms with E-state index in [1.54, 1.807) is 12.5 Å². The number of carbonyl (C=O) groups is 2. The van der Waals surface area contributed by atoms with Gasteiger partial charge in [0.1, 0.15) is 17.4 Å². The third kappa shape index (κ3) is 6.89. The van der Waals surface area contributed by atoms with E-state index in [9.17, 15) is 18.4 Å². The summed E-state index contributed by atoms with van der Waals surface area (Å²) < 4.78 is 44.9. The Kier molecular flexibility index (Phi) is 9.31. The maximum atomic E-state index is 14.5. The fraction of sp³-hybridized carbons (Fsp3) is 0.269. The van der Waals surface area contributed by atoms with E-state index in [1.165, 1.54) is 0 Å². The van der Waals surface area contributed by atoms with Crippen molar-refractivity contribution in [2.75, 3.05) is 26.1 Å². The molecule has 3 aromatic rings. The second-order valence-corrected chi connectivity index (χ2v) is 9.13. The second-order valence-electron chi connectivity index (χ2n) is 8.27. The van der Waals surface area contributed by atoms with Gasteiger partial charge in [-0.05, 0) is 24.1 Å². The number of carboxylic acids is 1. The minimum Gasteiger partial charge on any atom is -0.496 e. The molecule has 1 heterocycles. The van der Waals surface area contributed by atoms with E-state index in [0.29, 0.717) is 42.2 Å². The first-order chi connectivity index (χ1) is 17.6. The molecule has 0 atom stereocenters. The first kappa shape index (κ1) is 27.8. The molecule has 0 bridgehead atoms. The number of ether oxygens (including phenoxy) is 3. The molecule has 0 unspecified atom stereocenters. The van der Waals surface area contributed by atoms with Gasteiger partial charge in [0.15, 0.2) is 5.13 Å². The summed E-state index contributed by atoms with van der Waals surface area (Å²) in [5.41, 5.74) is 1.14. The van der Waals surface area contributed by atoms with Gasteiger partial charge in [0.25, 0.3) is 5.91 Å². The lowest BCUT2D eigenvalue weighted by molar-refractivity contribution is -0.135. The molecule has 0 saturated heterocycles. The van der Waals surface area contributed by atoms with Crippen LogP contribution in [0.2, 0.25) is 0 Å². The van der Waals surface area contributed by atoms with Crippen LogP contribution in [0.15, 0.2) is 41.5 Å². The fourth-order valence-electron chi connectivity index (χ4n) is 3.36. The van der Waals surface area contributed by atoms with E-state index in [0.717, 1.165) is 36.1 Å². The Morgan fingerprint density at radius 3 is 2.49 bits per heavy atom. The Morgan fingerprint density at radius 1 is 1.19 bits per heavy atom. The van der Waals surface area contributed by atoms with Crippen LogP contribution in [0.5, 0.6) is 5.75 Å². The number of aliphatic carboxylic acids is 1. The van der Waals surface area contributed by atoms with E-state index in [1.807, 2.05) is 18.2 Å². The van der Waals surface area contributed by atoms with Crippen molar-refractivity contribution in [2.45, 2.75) is 20.5 Å². The standard InChI is InChI=1S/C26H26F2N2O6S/c1-14(2)11-36-12-15-6-5-7-17(23(15)35-4)21-13-37-26(29-21)30-24(31)16-8-19(27)18(20(28)9-16)10-22(34-3)25(32)33/h5-10,13-14H,11-12H2,1-4H3,(H,32,33)(H,29,30,31)/b22-10-. The van der Waals surface area contributed by atoms with Crippen molar-refractivity contribution < 1.29 is 37.7 Å². The van der Waals surface area contributed by atoms with Crippen molar-refractivity contribution in [1.29, 1.82) is 0 Å². The van der Waals surface area contributed by atoms with Crippen LogP contribution in [0.1, 0.15) is 35.3 Å². The van der Waals surface area contributed by atoms with E-state index >= 15 is 0 Å². The topological polar surface area (TPSA) is 107 Å². The number of amides is 1. The van der Waals surface area contributed by atoms with Gasteiger partial charge in [-0.15, -0.1) is 11.3 Å². The summed E-state index contributed by atoms with van der Waals surface area (Å²) in [5.74, 6) is -4.20. The summed E-state index contributed by atoms with van der Waals surface area (Å²) in [5, 5.41) is 13.4. The highest BCUT2D eigenvalue weighted by Gasteiger charge is 2.19. The number of aromatic nitrogens is 1. The largest absolute Gasteiger partial charge is 0.496 e. The number of thiazole rings is 1. The predicted molar refractivity (Wildman–Crippen MR) is 136 cm³/mol. The van der Waals surface area contributed by atoms with Crippen LogP contribution < -0.4 is 10.1 Å². The number of anilines is 1. The van der Waals surface area contributed by atoms with Gasteiger partial charge in [-0.3, -0.25) is 10.1 Å². The first-order valence-electron chi connectivity index (χ1n) is 11.1. The van der Waals surface area contributed by atoms with Crippen LogP contribution in [0.3, 0.4) is 0 Å². The van der Waals surface area contributed by atoms with Crippen molar-refractivity contribution >= 4 is 34.4 Å². The molecule has 0 aliphatic heterocycles. The Bertz CT molecular complexity index is 1300. The third-order valence-corrected chi connectivity index (χ3v) is 5.82. The monoisotopic (exact) mass is 532 g/mol. The molecule has 8 nitrogen and oxygen atoms in total. The molecule has 2 aromatic carbocycles.